The molecule has 0 saturated carbocycles. The highest BCUT2D eigenvalue weighted by molar-refractivity contribution is 6.24. The summed E-state index contributed by atoms with van der Waals surface area (Å²) < 4.78 is 6.60. The quantitative estimate of drug-likeness (QED) is 0.166. The lowest BCUT2D eigenvalue weighted by molar-refractivity contribution is 0.669. The maximum absolute atomic E-state index is 6.60. The highest BCUT2D eigenvalue weighted by Crippen LogP contribution is 2.45. The van der Waals surface area contributed by atoms with Crippen molar-refractivity contribution in [2.75, 3.05) is 4.90 Å². The maximum atomic E-state index is 6.60. The molecule has 0 bridgehead atoms. The second-order valence-corrected chi connectivity index (χ2v) is 13.7. The summed E-state index contributed by atoms with van der Waals surface area (Å²) in [7, 11) is 0. The molecule has 2 heteroatoms. The summed E-state index contributed by atoms with van der Waals surface area (Å²) in [5.41, 5.74) is 14.5. The van der Waals surface area contributed by atoms with Gasteiger partial charge in [0.15, 0.2) is 0 Å². The van der Waals surface area contributed by atoms with E-state index in [9.17, 15) is 0 Å². The van der Waals surface area contributed by atoms with E-state index >= 15 is 0 Å². The second-order valence-electron chi connectivity index (χ2n) is 13.7. The van der Waals surface area contributed by atoms with E-state index in [4.69, 9.17) is 4.42 Å². The number of benzene rings is 9. The van der Waals surface area contributed by atoms with Gasteiger partial charge in [-0.3, -0.25) is 0 Å². The van der Waals surface area contributed by atoms with Gasteiger partial charge in [0.05, 0.1) is 5.69 Å². The van der Waals surface area contributed by atoms with Crippen LogP contribution in [0.25, 0.3) is 77.2 Å². The number of rotatable bonds is 7. The van der Waals surface area contributed by atoms with Crippen molar-refractivity contribution in [1.29, 1.82) is 0 Å². The third kappa shape index (κ3) is 5.62. The maximum Gasteiger partial charge on any atom is 0.136 e. The molecule has 10 rings (SSSR count). The predicted octanol–water partition coefficient (Wildman–Crippen LogP) is 14.9. The fraction of sp³-hybridized carbons (Fsp3) is 0. The topological polar surface area (TPSA) is 16.4 Å². The number of hydrogen-bond acceptors (Lipinski definition) is 2. The molecule has 0 aliphatic rings. The first-order valence-corrected chi connectivity index (χ1v) is 18.4. The van der Waals surface area contributed by atoms with Crippen LogP contribution in [0.15, 0.2) is 217 Å². The first kappa shape index (κ1) is 31.6. The highest BCUT2D eigenvalue weighted by Gasteiger charge is 2.20. The van der Waals surface area contributed by atoms with Crippen molar-refractivity contribution in [2.45, 2.75) is 0 Å². The van der Waals surface area contributed by atoms with Crippen LogP contribution in [0, 0.1) is 0 Å². The smallest absolute Gasteiger partial charge is 0.136 e. The van der Waals surface area contributed by atoms with Gasteiger partial charge in [0.2, 0.25) is 0 Å². The Morgan fingerprint density at radius 2 is 0.778 bits per heavy atom. The largest absolute Gasteiger partial charge is 0.456 e. The Balaban J connectivity index is 1.16. The fourth-order valence-electron chi connectivity index (χ4n) is 7.88. The summed E-state index contributed by atoms with van der Waals surface area (Å²) in [5, 5.41) is 4.57. The molecule has 1 heterocycles. The van der Waals surface area contributed by atoms with Gasteiger partial charge in [-0.05, 0) is 104 Å². The standard InChI is InChI=1S/C52H35NO/c1-4-13-36(14-5-1)39-25-29-43(30-26-39)53(44-31-27-40(28-32-44)37-15-6-2-7-16-37)48-23-11-22-47-46(48)33-34-50-52(47)51-45(21-12-24-49(51)54-50)42-20-10-19-41(35-42)38-17-8-3-9-18-38/h1-35H. The monoisotopic (exact) mass is 689 g/mol. The van der Waals surface area contributed by atoms with Gasteiger partial charge in [-0.15, -0.1) is 0 Å². The average molecular weight is 690 g/mol. The molecule has 0 saturated heterocycles. The van der Waals surface area contributed by atoms with Gasteiger partial charge < -0.3 is 9.32 Å². The Morgan fingerprint density at radius 1 is 0.296 bits per heavy atom. The van der Waals surface area contributed by atoms with E-state index in [0.29, 0.717) is 0 Å². The van der Waals surface area contributed by atoms with Crippen molar-refractivity contribution >= 4 is 49.8 Å². The first-order chi connectivity index (χ1) is 26.8. The molecule has 0 unspecified atom stereocenters. The third-order valence-electron chi connectivity index (χ3n) is 10.5. The minimum Gasteiger partial charge on any atom is -0.456 e. The van der Waals surface area contributed by atoms with Crippen LogP contribution in [-0.2, 0) is 0 Å². The van der Waals surface area contributed by atoms with E-state index in [1.807, 2.05) is 0 Å². The van der Waals surface area contributed by atoms with Crippen molar-refractivity contribution < 1.29 is 4.42 Å². The summed E-state index contributed by atoms with van der Waals surface area (Å²) in [4.78, 5) is 2.38. The SMILES string of the molecule is c1ccc(-c2ccc(N(c3ccc(-c4ccccc4)cc3)c3cccc4c3ccc3oc5cccc(-c6cccc(-c7ccccc7)c6)c5c34)cc2)cc1. The molecule has 0 N–H and O–H groups in total. The molecule has 0 aliphatic heterocycles. The van der Waals surface area contributed by atoms with Gasteiger partial charge >= 0.3 is 0 Å². The van der Waals surface area contributed by atoms with Gasteiger partial charge in [-0.2, -0.15) is 0 Å². The van der Waals surface area contributed by atoms with Gasteiger partial charge in [-0.25, -0.2) is 0 Å². The summed E-state index contributed by atoms with van der Waals surface area (Å²) in [6.07, 6.45) is 0. The number of hydrogen-bond donors (Lipinski definition) is 0. The zero-order valence-corrected chi connectivity index (χ0v) is 29.6. The number of furan rings is 1. The first-order valence-electron chi connectivity index (χ1n) is 18.4. The lowest BCUT2D eigenvalue weighted by Crippen LogP contribution is -2.10. The van der Waals surface area contributed by atoms with Crippen molar-refractivity contribution in [3.8, 4) is 44.5 Å². The minimum absolute atomic E-state index is 0.882. The second kappa shape index (κ2) is 13.4. The van der Waals surface area contributed by atoms with Gasteiger partial charge in [0.1, 0.15) is 11.2 Å². The number of nitrogens with zero attached hydrogens (tertiary/aromatic N) is 1. The van der Waals surface area contributed by atoms with Gasteiger partial charge in [0, 0.05) is 27.5 Å². The molecule has 2 nitrogen and oxygen atoms in total. The van der Waals surface area contributed by atoms with E-state index in [1.54, 1.807) is 0 Å². The number of anilines is 3. The molecule has 0 aliphatic carbocycles. The number of fused-ring (bicyclic) bond motifs is 5. The fourth-order valence-corrected chi connectivity index (χ4v) is 7.88. The predicted molar refractivity (Wildman–Crippen MR) is 228 cm³/mol. The van der Waals surface area contributed by atoms with Crippen molar-refractivity contribution in [3.63, 3.8) is 0 Å². The van der Waals surface area contributed by atoms with Crippen molar-refractivity contribution in [3.05, 3.63) is 212 Å². The highest BCUT2D eigenvalue weighted by atomic mass is 16.3. The Bertz CT molecular complexity index is 2810. The van der Waals surface area contributed by atoms with Crippen LogP contribution >= 0.6 is 0 Å². The zero-order valence-electron chi connectivity index (χ0n) is 29.6. The van der Waals surface area contributed by atoms with E-state index in [-0.39, 0.29) is 0 Å². The molecule has 0 fully saturated rings. The Morgan fingerprint density at radius 3 is 1.39 bits per heavy atom. The van der Waals surface area contributed by atoms with Gasteiger partial charge in [0.25, 0.3) is 0 Å². The minimum atomic E-state index is 0.882. The van der Waals surface area contributed by atoms with E-state index in [0.717, 1.165) is 60.9 Å². The molecule has 9 aromatic carbocycles. The van der Waals surface area contributed by atoms with Gasteiger partial charge in [-0.1, -0.05) is 158 Å². The van der Waals surface area contributed by atoms with Crippen LogP contribution in [0.4, 0.5) is 17.1 Å². The normalized spacial score (nSPS) is 11.3. The zero-order chi connectivity index (χ0) is 35.8. The van der Waals surface area contributed by atoms with E-state index in [1.165, 1.54) is 33.4 Å². The molecule has 0 spiro atoms. The lowest BCUT2D eigenvalue weighted by Gasteiger charge is -2.27. The summed E-state index contributed by atoms with van der Waals surface area (Å²) >= 11 is 0. The summed E-state index contributed by atoms with van der Waals surface area (Å²) in [6, 6.07) is 75.7. The van der Waals surface area contributed by atoms with Crippen LogP contribution < -0.4 is 4.90 Å². The molecule has 0 radical (unpaired) electrons. The molecule has 10 aromatic rings. The third-order valence-corrected chi connectivity index (χ3v) is 10.5. The Kier molecular flexibility index (Phi) is 7.85. The molecule has 254 valence electrons. The molecule has 54 heavy (non-hydrogen) atoms. The van der Waals surface area contributed by atoms with Crippen LogP contribution in [0.1, 0.15) is 0 Å². The van der Waals surface area contributed by atoms with Crippen LogP contribution in [0.2, 0.25) is 0 Å². The lowest BCUT2D eigenvalue weighted by atomic mass is 9.94. The van der Waals surface area contributed by atoms with E-state index < -0.39 is 0 Å². The van der Waals surface area contributed by atoms with Crippen LogP contribution in [-0.4, -0.2) is 0 Å². The van der Waals surface area contributed by atoms with Crippen molar-refractivity contribution in [1.82, 2.24) is 0 Å². The van der Waals surface area contributed by atoms with Crippen molar-refractivity contribution in [2.24, 2.45) is 0 Å². The average Bonchev–Trinajstić information content (AvgIpc) is 3.65. The summed E-state index contributed by atoms with van der Waals surface area (Å²) in [5.74, 6) is 0. The molecule has 1 aromatic heterocycles. The molecule has 0 atom stereocenters. The molecular weight excluding hydrogens is 655 g/mol. The van der Waals surface area contributed by atoms with Crippen LogP contribution in [0.5, 0.6) is 0 Å². The molecular formula is C52H35NO. The van der Waals surface area contributed by atoms with Crippen LogP contribution in [0.3, 0.4) is 0 Å². The Labute approximate surface area is 314 Å². The van der Waals surface area contributed by atoms with E-state index in [2.05, 4.69) is 217 Å². The summed E-state index contributed by atoms with van der Waals surface area (Å²) in [6.45, 7) is 0. The molecule has 0 amide bonds. The Hall–Kier alpha value is -7.16.